The van der Waals surface area contributed by atoms with E-state index in [0.717, 1.165) is 5.69 Å². The molecule has 0 radical (unpaired) electrons. The number of carbonyl (C=O) groups is 2. The Bertz CT molecular complexity index is 1120. The Labute approximate surface area is 160 Å². The van der Waals surface area contributed by atoms with Crippen molar-refractivity contribution in [2.75, 3.05) is 30.4 Å². The first-order valence-electron chi connectivity index (χ1n) is 9.00. The number of fused-ring (bicyclic) bond motifs is 2. The van der Waals surface area contributed by atoms with Crippen molar-refractivity contribution < 1.29 is 9.59 Å². The van der Waals surface area contributed by atoms with E-state index in [2.05, 4.69) is 15.7 Å². The zero-order chi connectivity index (χ0) is 19.7. The molecule has 0 unspecified atom stereocenters. The molecule has 0 saturated carbocycles. The molecule has 9 nitrogen and oxygen atoms in total. The minimum atomic E-state index is -0.229. The average molecular weight is 380 g/mol. The molecule has 2 amide bonds. The van der Waals surface area contributed by atoms with Gasteiger partial charge in [-0.25, -0.2) is 9.48 Å². The monoisotopic (exact) mass is 380 g/mol. The second-order valence-electron chi connectivity index (χ2n) is 6.68. The second kappa shape index (κ2) is 7.18. The van der Waals surface area contributed by atoms with Crippen molar-refractivity contribution in [1.82, 2.24) is 19.5 Å². The lowest BCUT2D eigenvalue weighted by atomic mass is 10.1. The fraction of sp³-hybridized carbons (Fsp3) is 0.263. The maximum atomic E-state index is 12.4. The molecule has 0 saturated heterocycles. The van der Waals surface area contributed by atoms with Gasteiger partial charge in [-0.15, -0.1) is 5.10 Å². The van der Waals surface area contributed by atoms with E-state index < -0.39 is 0 Å². The summed E-state index contributed by atoms with van der Waals surface area (Å²) in [7, 11) is 1.83. The number of nitrogens with zero attached hydrogens (tertiary/aromatic N) is 4. The SMILES string of the molecule is CN1CC(=O)Nc2cc(C(=O)NCCCn3nc4ccccn4c3=O)ccc21. The first-order chi connectivity index (χ1) is 13.5. The van der Waals surface area contributed by atoms with E-state index in [-0.39, 0.29) is 17.5 Å². The van der Waals surface area contributed by atoms with Crippen LogP contribution in [-0.4, -0.2) is 46.1 Å². The van der Waals surface area contributed by atoms with Crippen LogP contribution in [0.3, 0.4) is 0 Å². The van der Waals surface area contributed by atoms with Crippen LogP contribution in [0, 0.1) is 0 Å². The highest BCUT2D eigenvalue weighted by molar-refractivity contribution is 6.03. The third-order valence-electron chi connectivity index (χ3n) is 4.65. The molecular formula is C19H20N6O3. The van der Waals surface area contributed by atoms with Crippen LogP contribution in [0.1, 0.15) is 16.8 Å². The Morgan fingerprint density at radius 2 is 2.11 bits per heavy atom. The molecule has 1 aliphatic heterocycles. The molecule has 28 heavy (non-hydrogen) atoms. The summed E-state index contributed by atoms with van der Waals surface area (Å²) < 4.78 is 2.88. The number of rotatable bonds is 5. The smallest absolute Gasteiger partial charge is 0.350 e. The number of hydrogen-bond acceptors (Lipinski definition) is 5. The van der Waals surface area contributed by atoms with Crippen molar-refractivity contribution in [3.05, 3.63) is 58.6 Å². The van der Waals surface area contributed by atoms with Gasteiger partial charge in [0.25, 0.3) is 5.91 Å². The van der Waals surface area contributed by atoms with Gasteiger partial charge in [0, 0.05) is 31.9 Å². The molecule has 4 rings (SSSR count). The summed E-state index contributed by atoms with van der Waals surface area (Å²) in [4.78, 5) is 38.1. The van der Waals surface area contributed by atoms with Gasteiger partial charge in [-0.1, -0.05) is 6.07 Å². The molecule has 2 N–H and O–H groups in total. The highest BCUT2D eigenvalue weighted by Gasteiger charge is 2.20. The van der Waals surface area contributed by atoms with E-state index in [9.17, 15) is 14.4 Å². The standard InChI is InChI=1S/C19H20N6O3/c1-23-12-17(26)21-14-11-13(6-7-15(14)23)18(27)20-8-4-10-25-19(28)24-9-3-2-5-16(24)22-25/h2-3,5-7,9,11H,4,8,10,12H2,1H3,(H,20,27)(H,21,26). The summed E-state index contributed by atoms with van der Waals surface area (Å²) in [5, 5.41) is 9.88. The molecule has 1 aromatic carbocycles. The number of benzene rings is 1. The predicted octanol–water partition coefficient (Wildman–Crippen LogP) is 0.704. The summed E-state index contributed by atoms with van der Waals surface area (Å²) in [5.41, 5.74) is 2.37. The van der Waals surface area contributed by atoms with E-state index in [1.165, 1.54) is 9.08 Å². The summed E-state index contributed by atoms with van der Waals surface area (Å²) in [6, 6.07) is 10.6. The van der Waals surface area contributed by atoms with Crippen molar-refractivity contribution >= 4 is 28.8 Å². The van der Waals surface area contributed by atoms with E-state index in [4.69, 9.17) is 0 Å². The molecule has 2 aromatic heterocycles. The lowest BCUT2D eigenvalue weighted by Crippen LogP contribution is -2.35. The van der Waals surface area contributed by atoms with Crippen LogP contribution in [0.15, 0.2) is 47.4 Å². The van der Waals surface area contributed by atoms with Gasteiger partial charge in [-0.3, -0.25) is 14.0 Å². The van der Waals surface area contributed by atoms with Crippen LogP contribution in [0.2, 0.25) is 0 Å². The average Bonchev–Trinajstić information content (AvgIpc) is 3.00. The van der Waals surface area contributed by atoms with Gasteiger partial charge in [0.05, 0.1) is 17.9 Å². The van der Waals surface area contributed by atoms with Gasteiger partial charge >= 0.3 is 5.69 Å². The molecular weight excluding hydrogens is 360 g/mol. The van der Waals surface area contributed by atoms with Gasteiger partial charge < -0.3 is 15.5 Å². The zero-order valence-corrected chi connectivity index (χ0v) is 15.4. The fourth-order valence-electron chi connectivity index (χ4n) is 3.25. The first-order valence-corrected chi connectivity index (χ1v) is 9.00. The number of likely N-dealkylation sites (N-methyl/N-ethyl adjacent to an activating group) is 1. The molecule has 0 aliphatic carbocycles. The van der Waals surface area contributed by atoms with Gasteiger partial charge in [-0.2, -0.15) is 0 Å². The maximum Gasteiger partial charge on any atom is 0.350 e. The summed E-state index contributed by atoms with van der Waals surface area (Å²) in [5.74, 6) is -0.335. The molecule has 9 heteroatoms. The molecule has 0 bridgehead atoms. The van der Waals surface area contributed by atoms with Gasteiger partial charge in [-0.05, 0) is 36.8 Å². The molecule has 0 fully saturated rings. The lowest BCUT2D eigenvalue weighted by Gasteiger charge is -2.27. The number of anilines is 2. The van der Waals surface area contributed by atoms with Crippen molar-refractivity contribution in [3.8, 4) is 0 Å². The predicted molar refractivity (Wildman–Crippen MR) is 105 cm³/mol. The second-order valence-corrected chi connectivity index (χ2v) is 6.68. The van der Waals surface area contributed by atoms with Crippen LogP contribution in [0.4, 0.5) is 11.4 Å². The van der Waals surface area contributed by atoms with Crippen molar-refractivity contribution in [2.24, 2.45) is 0 Å². The van der Waals surface area contributed by atoms with E-state index in [1.807, 2.05) is 24.1 Å². The summed E-state index contributed by atoms with van der Waals surface area (Å²) in [6.45, 7) is 1.11. The van der Waals surface area contributed by atoms with Crippen LogP contribution in [0.5, 0.6) is 0 Å². The number of aromatic nitrogens is 3. The minimum Gasteiger partial charge on any atom is -0.364 e. The first kappa shape index (κ1) is 17.8. The van der Waals surface area contributed by atoms with Gasteiger partial charge in [0.2, 0.25) is 5.91 Å². The third kappa shape index (κ3) is 3.34. The number of hydrogen-bond donors (Lipinski definition) is 2. The largest absolute Gasteiger partial charge is 0.364 e. The maximum absolute atomic E-state index is 12.4. The van der Waals surface area contributed by atoms with Crippen molar-refractivity contribution in [2.45, 2.75) is 13.0 Å². The Kier molecular flexibility index (Phi) is 4.56. The van der Waals surface area contributed by atoms with Crippen LogP contribution < -0.4 is 21.2 Å². The number of carbonyl (C=O) groups excluding carboxylic acids is 2. The fourth-order valence-corrected chi connectivity index (χ4v) is 3.25. The number of nitrogens with one attached hydrogen (secondary N) is 2. The van der Waals surface area contributed by atoms with Crippen molar-refractivity contribution in [1.29, 1.82) is 0 Å². The number of amides is 2. The van der Waals surface area contributed by atoms with E-state index >= 15 is 0 Å². The molecule has 0 spiro atoms. The summed E-state index contributed by atoms with van der Waals surface area (Å²) in [6.07, 6.45) is 2.25. The normalized spacial score (nSPS) is 13.3. The Morgan fingerprint density at radius 3 is 2.93 bits per heavy atom. The summed E-state index contributed by atoms with van der Waals surface area (Å²) >= 11 is 0. The lowest BCUT2D eigenvalue weighted by molar-refractivity contribution is -0.115. The molecule has 1 aliphatic rings. The zero-order valence-electron chi connectivity index (χ0n) is 15.4. The Balaban J connectivity index is 1.36. The molecule has 144 valence electrons. The third-order valence-corrected chi connectivity index (χ3v) is 4.65. The highest BCUT2D eigenvalue weighted by Crippen LogP contribution is 2.29. The van der Waals surface area contributed by atoms with E-state index in [0.29, 0.717) is 43.0 Å². The Hall–Kier alpha value is -3.62. The molecule has 3 aromatic rings. The minimum absolute atomic E-state index is 0.106. The Morgan fingerprint density at radius 1 is 1.25 bits per heavy atom. The highest BCUT2D eigenvalue weighted by atomic mass is 16.2. The quantitative estimate of drug-likeness (QED) is 0.635. The van der Waals surface area contributed by atoms with Gasteiger partial charge in [0.1, 0.15) is 0 Å². The molecule has 3 heterocycles. The molecule has 0 atom stereocenters. The van der Waals surface area contributed by atoms with Crippen LogP contribution in [-0.2, 0) is 11.3 Å². The van der Waals surface area contributed by atoms with E-state index in [1.54, 1.807) is 30.5 Å². The van der Waals surface area contributed by atoms with Gasteiger partial charge in [0.15, 0.2) is 5.65 Å². The van der Waals surface area contributed by atoms with Crippen LogP contribution in [0.25, 0.3) is 5.65 Å². The number of aryl methyl sites for hydroxylation is 1. The number of pyridine rings is 1. The van der Waals surface area contributed by atoms with Crippen LogP contribution >= 0.6 is 0 Å². The van der Waals surface area contributed by atoms with Crippen molar-refractivity contribution in [3.63, 3.8) is 0 Å². The topological polar surface area (TPSA) is 101 Å².